The van der Waals surface area contributed by atoms with Crippen molar-refractivity contribution in [3.05, 3.63) is 18.0 Å². The maximum atomic E-state index is 9.73. The highest BCUT2D eigenvalue weighted by molar-refractivity contribution is 5.12. The first kappa shape index (κ1) is 12.8. The molecule has 0 saturated heterocycles. The lowest BCUT2D eigenvalue weighted by Crippen LogP contribution is -2.29. The molecule has 1 aromatic heterocycles. The van der Waals surface area contributed by atoms with Crippen molar-refractivity contribution < 1.29 is 14.9 Å². The van der Waals surface area contributed by atoms with E-state index < -0.39 is 12.2 Å². The van der Waals surface area contributed by atoms with Crippen LogP contribution in [-0.4, -0.2) is 46.5 Å². The van der Waals surface area contributed by atoms with Crippen molar-refractivity contribution in [3.63, 3.8) is 0 Å². The normalized spacial score (nSPS) is 14.5. The quantitative estimate of drug-likeness (QED) is 0.606. The smallest absolute Gasteiger partial charge is 0.316 e. The van der Waals surface area contributed by atoms with Gasteiger partial charge in [-0.05, 0) is 14.0 Å². The lowest BCUT2D eigenvalue weighted by atomic mass is 10.1. The summed E-state index contributed by atoms with van der Waals surface area (Å²) in [6.07, 6.45) is 1.01. The maximum absolute atomic E-state index is 9.73. The first-order chi connectivity index (χ1) is 7.69. The minimum Gasteiger partial charge on any atom is -0.464 e. The SMILES string of the molecule is CCOc1ncc(C(O)C(O)CNC)cn1. The largest absolute Gasteiger partial charge is 0.464 e. The number of nitrogens with one attached hydrogen (secondary N) is 1. The van der Waals surface area contributed by atoms with Crippen LogP contribution in [0.1, 0.15) is 18.6 Å². The van der Waals surface area contributed by atoms with Gasteiger partial charge in [0, 0.05) is 24.5 Å². The third-order valence-electron chi connectivity index (χ3n) is 2.04. The molecule has 6 heteroatoms. The monoisotopic (exact) mass is 227 g/mol. The molecular formula is C10H17N3O3. The summed E-state index contributed by atoms with van der Waals surface area (Å²) in [5.41, 5.74) is 0.464. The molecule has 0 saturated carbocycles. The van der Waals surface area contributed by atoms with Gasteiger partial charge >= 0.3 is 6.01 Å². The van der Waals surface area contributed by atoms with E-state index in [2.05, 4.69) is 15.3 Å². The van der Waals surface area contributed by atoms with Crippen molar-refractivity contribution in [2.24, 2.45) is 0 Å². The Morgan fingerprint density at radius 2 is 2.00 bits per heavy atom. The van der Waals surface area contributed by atoms with Crippen LogP contribution in [0.3, 0.4) is 0 Å². The fraction of sp³-hybridized carbons (Fsp3) is 0.600. The highest BCUT2D eigenvalue weighted by Crippen LogP contribution is 2.15. The molecular weight excluding hydrogens is 210 g/mol. The van der Waals surface area contributed by atoms with Crippen molar-refractivity contribution in [1.29, 1.82) is 0 Å². The first-order valence-corrected chi connectivity index (χ1v) is 5.14. The molecule has 0 fully saturated rings. The molecule has 1 rings (SSSR count). The van der Waals surface area contributed by atoms with Crippen LogP contribution in [-0.2, 0) is 0 Å². The second kappa shape index (κ2) is 6.37. The van der Waals surface area contributed by atoms with E-state index in [-0.39, 0.29) is 6.01 Å². The molecule has 0 aliphatic rings. The second-order valence-electron chi connectivity index (χ2n) is 3.30. The Bertz CT molecular complexity index is 305. The fourth-order valence-corrected chi connectivity index (χ4v) is 1.23. The van der Waals surface area contributed by atoms with Gasteiger partial charge in [-0.3, -0.25) is 0 Å². The molecule has 1 heterocycles. The number of ether oxygens (including phenoxy) is 1. The minimum atomic E-state index is -0.997. The molecule has 0 aliphatic carbocycles. The van der Waals surface area contributed by atoms with Gasteiger partial charge in [0.15, 0.2) is 0 Å². The Balaban J connectivity index is 2.65. The average molecular weight is 227 g/mol. The van der Waals surface area contributed by atoms with Gasteiger partial charge in [0.1, 0.15) is 6.10 Å². The van der Waals surface area contributed by atoms with E-state index in [9.17, 15) is 10.2 Å². The van der Waals surface area contributed by atoms with Crippen LogP contribution >= 0.6 is 0 Å². The van der Waals surface area contributed by atoms with Crippen molar-refractivity contribution in [3.8, 4) is 6.01 Å². The number of rotatable bonds is 6. The summed E-state index contributed by atoms with van der Waals surface area (Å²) >= 11 is 0. The Morgan fingerprint density at radius 1 is 1.38 bits per heavy atom. The number of nitrogens with zero attached hydrogens (tertiary/aromatic N) is 2. The topological polar surface area (TPSA) is 87.5 Å². The zero-order valence-electron chi connectivity index (χ0n) is 9.42. The summed E-state index contributed by atoms with van der Waals surface area (Å²) in [6.45, 7) is 2.63. The maximum Gasteiger partial charge on any atom is 0.316 e. The van der Waals surface area contributed by atoms with E-state index in [0.717, 1.165) is 0 Å². The lowest BCUT2D eigenvalue weighted by molar-refractivity contribution is 0.0197. The molecule has 2 atom stereocenters. The number of aliphatic hydroxyl groups excluding tert-OH is 2. The lowest BCUT2D eigenvalue weighted by Gasteiger charge is -2.17. The van der Waals surface area contributed by atoms with Crippen LogP contribution in [0, 0.1) is 0 Å². The van der Waals surface area contributed by atoms with Crippen LogP contribution in [0.5, 0.6) is 6.01 Å². The molecule has 2 unspecified atom stereocenters. The number of hydrogen-bond acceptors (Lipinski definition) is 6. The van der Waals surface area contributed by atoms with Crippen LogP contribution in [0.15, 0.2) is 12.4 Å². The van der Waals surface area contributed by atoms with Gasteiger partial charge in [-0.25, -0.2) is 9.97 Å². The number of likely N-dealkylation sites (N-methyl/N-ethyl adjacent to an activating group) is 1. The number of hydrogen-bond donors (Lipinski definition) is 3. The molecule has 6 nitrogen and oxygen atoms in total. The highest BCUT2D eigenvalue weighted by Gasteiger charge is 2.18. The third kappa shape index (κ3) is 3.41. The Morgan fingerprint density at radius 3 is 2.50 bits per heavy atom. The van der Waals surface area contributed by atoms with Gasteiger partial charge < -0.3 is 20.3 Å². The highest BCUT2D eigenvalue weighted by atomic mass is 16.5. The molecule has 0 aliphatic heterocycles. The van der Waals surface area contributed by atoms with E-state index >= 15 is 0 Å². The summed E-state index contributed by atoms with van der Waals surface area (Å²) < 4.78 is 5.07. The summed E-state index contributed by atoms with van der Waals surface area (Å²) in [5, 5.41) is 22.0. The van der Waals surface area contributed by atoms with Crippen LogP contribution in [0.2, 0.25) is 0 Å². The molecule has 3 N–H and O–H groups in total. The van der Waals surface area contributed by atoms with Gasteiger partial charge in [-0.1, -0.05) is 0 Å². The summed E-state index contributed by atoms with van der Waals surface area (Å²) in [5.74, 6) is 0. The predicted molar refractivity (Wildman–Crippen MR) is 58.1 cm³/mol. The minimum absolute atomic E-state index is 0.265. The molecule has 0 amide bonds. The van der Waals surface area contributed by atoms with Crippen molar-refractivity contribution >= 4 is 0 Å². The summed E-state index contributed by atoms with van der Waals surface area (Å²) in [7, 11) is 1.70. The molecule has 0 bridgehead atoms. The van der Waals surface area contributed by atoms with Crippen molar-refractivity contribution in [2.45, 2.75) is 19.1 Å². The van der Waals surface area contributed by atoms with Crippen LogP contribution < -0.4 is 10.1 Å². The van der Waals surface area contributed by atoms with E-state index in [1.165, 1.54) is 12.4 Å². The summed E-state index contributed by atoms with van der Waals surface area (Å²) in [6, 6.07) is 0.265. The predicted octanol–water partition coefficient (Wildman–Crippen LogP) is -0.511. The van der Waals surface area contributed by atoms with Gasteiger partial charge in [0.05, 0.1) is 12.7 Å². The molecule has 16 heavy (non-hydrogen) atoms. The zero-order chi connectivity index (χ0) is 12.0. The Hall–Kier alpha value is -1.24. The van der Waals surface area contributed by atoms with Crippen LogP contribution in [0.25, 0.3) is 0 Å². The van der Waals surface area contributed by atoms with Gasteiger partial charge in [0.25, 0.3) is 0 Å². The first-order valence-electron chi connectivity index (χ1n) is 5.14. The van der Waals surface area contributed by atoms with Gasteiger partial charge in [0.2, 0.25) is 0 Å². The van der Waals surface area contributed by atoms with E-state index in [1.54, 1.807) is 7.05 Å². The fourth-order valence-electron chi connectivity index (χ4n) is 1.23. The van der Waals surface area contributed by atoms with Gasteiger partial charge in [-0.2, -0.15) is 0 Å². The number of aliphatic hydroxyl groups is 2. The number of aromatic nitrogens is 2. The molecule has 0 spiro atoms. The molecule has 90 valence electrons. The molecule has 0 aromatic carbocycles. The Kier molecular flexibility index (Phi) is 5.10. The van der Waals surface area contributed by atoms with Crippen LogP contribution in [0.4, 0.5) is 0 Å². The molecule has 0 radical (unpaired) electrons. The van der Waals surface area contributed by atoms with E-state index in [4.69, 9.17) is 4.74 Å². The standard InChI is InChI=1S/C10H17N3O3/c1-3-16-10-12-4-7(5-13-10)9(15)8(14)6-11-2/h4-5,8-9,11,14-15H,3,6H2,1-2H3. The second-order valence-corrected chi connectivity index (χ2v) is 3.30. The third-order valence-corrected chi connectivity index (χ3v) is 2.04. The average Bonchev–Trinajstić information content (AvgIpc) is 2.30. The van der Waals surface area contributed by atoms with E-state index in [1.807, 2.05) is 6.92 Å². The van der Waals surface area contributed by atoms with E-state index in [0.29, 0.717) is 18.7 Å². The summed E-state index contributed by atoms with van der Waals surface area (Å²) in [4.78, 5) is 7.81. The van der Waals surface area contributed by atoms with Crippen molar-refractivity contribution in [1.82, 2.24) is 15.3 Å². The van der Waals surface area contributed by atoms with Gasteiger partial charge in [-0.15, -0.1) is 0 Å². The van der Waals surface area contributed by atoms with Crippen molar-refractivity contribution in [2.75, 3.05) is 20.2 Å². The Labute approximate surface area is 94.3 Å². The molecule has 1 aromatic rings. The zero-order valence-corrected chi connectivity index (χ0v) is 9.42.